The van der Waals surface area contributed by atoms with Crippen molar-refractivity contribution in [2.75, 3.05) is 5.73 Å². The number of nitrogens with one attached hydrogen (secondary N) is 1. The first-order chi connectivity index (χ1) is 7.41. The summed E-state index contributed by atoms with van der Waals surface area (Å²) in [7, 11) is 0. The van der Waals surface area contributed by atoms with Crippen molar-refractivity contribution in [2.45, 2.75) is 19.9 Å². The number of hydrogen-bond donors (Lipinski definition) is 3. The molecule has 5 nitrogen and oxygen atoms in total. The fourth-order valence-corrected chi connectivity index (χ4v) is 1.23. The Labute approximate surface area is 93.8 Å². The number of rotatable bonds is 3. The number of nitrogens with two attached hydrogens (primary N) is 2. The number of aryl methyl sites for hydroxylation is 1. The molecule has 0 fully saturated rings. The van der Waals surface area contributed by atoms with Crippen molar-refractivity contribution in [3.8, 4) is 0 Å². The molecule has 0 aliphatic rings. The van der Waals surface area contributed by atoms with Gasteiger partial charge in [-0.2, -0.15) is 0 Å². The summed E-state index contributed by atoms with van der Waals surface area (Å²) in [6.45, 7) is 3.32. The first-order valence-corrected chi connectivity index (χ1v) is 4.88. The standard InChI is InChI=1S/C11H15N3O2/c1-6-3-4-8(12)5-9(6)11(16)14-7(2)10(13)15/h3-5,7H,12H2,1-2H3,(H2,13,15)(H,14,16). The lowest BCUT2D eigenvalue weighted by Crippen LogP contribution is -2.42. The van der Waals surface area contributed by atoms with Gasteiger partial charge in [-0.25, -0.2) is 0 Å². The molecule has 5 N–H and O–H groups in total. The largest absolute Gasteiger partial charge is 0.399 e. The minimum atomic E-state index is -0.701. The average Bonchev–Trinajstić information content (AvgIpc) is 2.21. The molecule has 1 aromatic rings. The van der Waals surface area contributed by atoms with Gasteiger partial charge < -0.3 is 16.8 Å². The quantitative estimate of drug-likeness (QED) is 0.635. The van der Waals surface area contributed by atoms with Crippen LogP contribution in [0.4, 0.5) is 5.69 Å². The molecule has 0 bridgehead atoms. The van der Waals surface area contributed by atoms with Crippen molar-refractivity contribution in [3.63, 3.8) is 0 Å². The summed E-state index contributed by atoms with van der Waals surface area (Å²) in [5.41, 5.74) is 12.4. The number of nitrogen functional groups attached to an aromatic ring is 1. The predicted molar refractivity (Wildman–Crippen MR) is 61.7 cm³/mol. The maximum Gasteiger partial charge on any atom is 0.252 e. The highest BCUT2D eigenvalue weighted by atomic mass is 16.2. The van der Waals surface area contributed by atoms with Crippen LogP contribution in [0, 0.1) is 6.92 Å². The molecule has 86 valence electrons. The molecule has 2 amide bonds. The van der Waals surface area contributed by atoms with Crippen molar-refractivity contribution < 1.29 is 9.59 Å². The highest BCUT2D eigenvalue weighted by Gasteiger charge is 2.15. The van der Waals surface area contributed by atoms with E-state index in [9.17, 15) is 9.59 Å². The fourth-order valence-electron chi connectivity index (χ4n) is 1.23. The second-order valence-corrected chi connectivity index (χ2v) is 3.67. The Morgan fingerprint density at radius 3 is 2.56 bits per heavy atom. The second kappa shape index (κ2) is 4.65. The SMILES string of the molecule is Cc1ccc(N)cc1C(=O)NC(C)C(N)=O. The van der Waals surface area contributed by atoms with E-state index in [1.165, 1.54) is 6.92 Å². The van der Waals surface area contributed by atoms with Crippen molar-refractivity contribution in [1.82, 2.24) is 5.32 Å². The van der Waals surface area contributed by atoms with Crippen molar-refractivity contribution >= 4 is 17.5 Å². The number of amides is 2. The number of hydrogen-bond acceptors (Lipinski definition) is 3. The van der Waals surface area contributed by atoms with Crippen LogP contribution in [0.15, 0.2) is 18.2 Å². The summed E-state index contributed by atoms with van der Waals surface area (Å²) in [5, 5.41) is 2.49. The first-order valence-electron chi connectivity index (χ1n) is 4.88. The number of carbonyl (C=O) groups is 2. The average molecular weight is 221 g/mol. The van der Waals surface area contributed by atoms with Gasteiger partial charge in [0, 0.05) is 11.3 Å². The number of anilines is 1. The Morgan fingerprint density at radius 1 is 1.38 bits per heavy atom. The summed E-state index contributed by atoms with van der Waals surface area (Å²) in [5.74, 6) is -0.925. The molecule has 0 saturated heterocycles. The molecule has 1 atom stereocenters. The van der Waals surface area contributed by atoms with Crippen LogP contribution < -0.4 is 16.8 Å². The van der Waals surface area contributed by atoms with Gasteiger partial charge >= 0.3 is 0 Å². The Kier molecular flexibility index (Phi) is 3.50. The van der Waals surface area contributed by atoms with Gasteiger partial charge in [0.05, 0.1) is 0 Å². The van der Waals surface area contributed by atoms with Crippen LogP contribution in [0.25, 0.3) is 0 Å². The van der Waals surface area contributed by atoms with E-state index in [0.29, 0.717) is 11.3 Å². The second-order valence-electron chi connectivity index (χ2n) is 3.67. The first kappa shape index (κ1) is 12.0. The van der Waals surface area contributed by atoms with E-state index in [1.807, 2.05) is 0 Å². The zero-order valence-electron chi connectivity index (χ0n) is 9.28. The van der Waals surface area contributed by atoms with Gasteiger partial charge in [0.25, 0.3) is 5.91 Å². The Balaban J connectivity index is 2.88. The van der Waals surface area contributed by atoms with Crippen molar-refractivity contribution in [2.24, 2.45) is 5.73 Å². The van der Waals surface area contributed by atoms with Gasteiger partial charge in [0.1, 0.15) is 6.04 Å². The van der Waals surface area contributed by atoms with Gasteiger partial charge in [0.15, 0.2) is 0 Å². The molecule has 0 aliphatic heterocycles. The minimum Gasteiger partial charge on any atom is -0.399 e. The molecule has 0 radical (unpaired) electrons. The molecule has 1 unspecified atom stereocenters. The smallest absolute Gasteiger partial charge is 0.252 e. The zero-order valence-corrected chi connectivity index (χ0v) is 9.28. The summed E-state index contributed by atoms with van der Waals surface area (Å²) in [6.07, 6.45) is 0. The van der Waals surface area contributed by atoms with Crippen LogP contribution in [0.5, 0.6) is 0 Å². The minimum absolute atomic E-state index is 0.351. The van der Waals surface area contributed by atoms with E-state index >= 15 is 0 Å². The molecular formula is C11H15N3O2. The maximum atomic E-state index is 11.8. The lowest BCUT2D eigenvalue weighted by molar-refractivity contribution is -0.119. The van der Waals surface area contributed by atoms with Gasteiger partial charge in [-0.05, 0) is 31.5 Å². The van der Waals surface area contributed by atoms with Crippen LogP contribution in [0.2, 0.25) is 0 Å². The fraction of sp³-hybridized carbons (Fsp3) is 0.273. The summed E-state index contributed by atoms with van der Waals surface area (Å²) in [6, 6.07) is 4.33. The molecule has 1 rings (SSSR count). The zero-order chi connectivity index (χ0) is 12.3. The Morgan fingerprint density at radius 2 is 2.00 bits per heavy atom. The van der Waals surface area contributed by atoms with E-state index in [-0.39, 0.29) is 5.91 Å². The normalized spacial score (nSPS) is 11.9. The maximum absolute atomic E-state index is 11.8. The number of primary amides is 1. The van der Waals surface area contributed by atoms with Crippen LogP contribution in [0.3, 0.4) is 0 Å². The molecule has 1 aromatic carbocycles. The third-order valence-electron chi connectivity index (χ3n) is 2.28. The Hall–Kier alpha value is -2.04. The van der Waals surface area contributed by atoms with E-state index in [4.69, 9.17) is 11.5 Å². The molecular weight excluding hydrogens is 206 g/mol. The molecule has 0 saturated carbocycles. The molecule has 0 spiro atoms. The lowest BCUT2D eigenvalue weighted by atomic mass is 10.1. The number of carbonyl (C=O) groups excluding carboxylic acids is 2. The van der Waals surface area contributed by atoms with E-state index in [1.54, 1.807) is 25.1 Å². The highest BCUT2D eigenvalue weighted by molar-refractivity contribution is 5.98. The van der Waals surface area contributed by atoms with E-state index in [2.05, 4.69) is 5.32 Å². The van der Waals surface area contributed by atoms with Crippen molar-refractivity contribution in [1.29, 1.82) is 0 Å². The summed E-state index contributed by atoms with van der Waals surface area (Å²) >= 11 is 0. The monoisotopic (exact) mass is 221 g/mol. The molecule has 5 heteroatoms. The van der Waals surface area contributed by atoms with Gasteiger partial charge in [-0.15, -0.1) is 0 Å². The topological polar surface area (TPSA) is 98.2 Å². The van der Waals surface area contributed by atoms with Crippen LogP contribution in [-0.4, -0.2) is 17.9 Å². The highest BCUT2D eigenvalue weighted by Crippen LogP contribution is 2.12. The van der Waals surface area contributed by atoms with Crippen molar-refractivity contribution in [3.05, 3.63) is 29.3 Å². The predicted octanol–water partition coefficient (Wildman–Crippen LogP) is 0.181. The van der Waals surface area contributed by atoms with Gasteiger partial charge in [-0.1, -0.05) is 6.07 Å². The molecule has 0 aromatic heterocycles. The third kappa shape index (κ3) is 2.73. The molecule has 16 heavy (non-hydrogen) atoms. The van der Waals surface area contributed by atoms with Crippen LogP contribution in [0.1, 0.15) is 22.8 Å². The van der Waals surface area contributed by atoms with Gasteiger partial charge in [-0.3, -0.25) is 9.59 Å². The van der Waals surface area contributed by atoms with Crippen LogP contribution >= 0.6 is 0 Å². The molecule has 0 aliphatic carbocycles. The Bertz CT molecular complexity index is 429. The van der Waals surface area contributed by atoms with E-state index in [0.717, 1.165) is 5.56 Å². The third-order valence-corrected chi connectivity index (χ3v) is 2.28. The van der Waals surface area contributed by atoms with E-state index < -0.39 is 11.9 Å². The lowest BCUT2D eigenvalue weighted by Gasteiger charge is -2.12. The van der Waals surface area contributed by atoms with Gasteiger partial charge in [0.2, 0.25) is 5.91 Å². The number of benzene rings is 1. The molecule has 0 heterocycles. The summed E-state index contributed by atoms with van der Waals surface area (Å²) in [4.78, 5) is 22.6. The summed E-state index contributed by atoms with van der Waals surface area (Å²) < 4.78 is 0. The van der Waals surface area contributed by atoms with Crippen LogP contribution in [-0.2, 0) is 4.79 Å².